The van der Waals surface area contributed by atoms with E-state index in [2.05, 4.69) is 10.6 Å². The number of carbonyl (C=O) groups is 2. The molecule has 1 unspecified atom stereocenters. The summed E-state index contributed by atoms with van der Waals surface area (Å²) >= 11 is 0. The van der Waals surface area contributed by atoms with Gasteiger partial charge in [-0.25, -0.2) is 4.79 Å². The number of anilines is 1. The molecular formula is C13H18N4O3. The van der Waals surface area contributed by atoms with Gasteiger partial charge in [-0.3, -0.25) is 4.79 Å². The molecule has 1 amide bonds. The highest BCUT2D eigenvalue weighted by atomic mass is 16.4. The number of carbonyl (C=O) groups excluding carboxylic acids is 1. The van der Waals surface area contributed by atoms with E-state index in [1.165, 1.54) is 19.1 Å². The predicted molar refractivity (Wildman–Crippen MR) is 76.0 cm³/mol. The molecule has 7 heteroatoms. The number of amides is 1. The average Bonchev–Trinajstić information content (AvgIpc) is 2.39. The summed E-state index contributed by atoms with van der Waals surface area (Å²) < 4.78 is 0. The van der Waals surface area contributed by atoms with Crippen LogP contribution in [0.3, 0.4) is 0 Å². The van der Waals surface area contributed by atoms with E-state index < -0.39 is 11.6 Å². The highest BCUT2D eigenvalue weighted by Crippen LogP contribution is 2.14. The van der Waals surface area contributed by atoms with Crippen LogP contribution in [-0.4, -0.2) is 35.4 Å². The number of hydrogen-bond donors (Lipinski definition) is 5. The maximum absolute atomic E-state index is 10.8. The zero-order valence-electron chi connectivity index (χ0n) is 11.1. The molecule has 0 fully saturated rings. The molecule has 1 rings (SSSR count). The van der Waals surface area contributed by atoms with Gasteiger partial charge in [-0.1, -0.05) is 0 Å². The standard InChI is InChI=1S/C13H18N4O3/c1-9(18)16-7-6-13(15,8-14)17-11-4-2-10(3-5-11)12(19)20/h2-5,8,14,17H,6-7,15H2,1H3,(H,16,18)(H,19,20). The van der Waals surface area contributed by atoms with Crippen molar-refractivity contribution in [2.75, 3.05) is 11.9 Å². The molecular weight excluding hydrogens is 260 g/mol. The SMILES string of the molecule is CC(=O)NCCC(N)(C=N)Nc1ccc(C(=O)O)cc1. The summed E-state index contributed by atoms with van der Waals surface area (Å²) in [7, 11) is 0. The third kappa shape index (κ3) is 4.69. The van der Waals surface area contributed by atoms with Crippen LogP contribution in [0.2, 0.25) is 0 Å². The van der Waals surface area contributed by atoms with Crippen molar-refractivity contribution in [2.24, 2.45) is 5.73 Å². The average molecular weight is 278 g/mol. The molecule has 0 aliphatic heterocycles. The summed E-state index contributed by atoms with van der Waals surface area (Å²) in [5.41, 5.74) is 5.66. The fraction of sp³-hybridized carbons (Fsp3) is 0.308. The maximum Gasteiger partial charge on any atom is 0.335 e. The minimum absolute atomic E-state index is 0.164. The highest BCUT2D eigenvalue weighted by molar-refractivity contribution is 5.88. The zero-order chi connectivity index (χ0) is 15.2. The summed E-state index contributed by atoms with van der Waals surface area (Å²) in [5.74, 6) is -1.17. The van der Waals surface area contributed by atoms with Crippen LogP contribution in [0, 0.1) is 5.41 Å². The van der Waals surface area contributed by atoms with E-state index >= 15 is 0 Å². The number of rotatable bonds is 7. The Kier molecular flexibility index (Phi) is 5.22. The largest absolute Gasteiger partial charge is 0.478 e. The first-order valence-electron chi connectivity index (χ1n) is 6.03. The lowest BCUT2D eigenvalue weighted by molar-refractivity contribution is -0.118. The second kappa shape index (κ2) is 6.67. The molecule has 0 heterocycles. The van der Waals surface area contributed by atoms with Crippen molar-refractivity contribution in [3.05, 3.63) is 29.8 Å². The van der Waals surface area contributed by atoms with Crippen LogP contribution in [-0.2, 0) is 4.79 Å². The number of benzene rings is 1. The molecule has 20 heavy (non-hydrogen) atoms. The van der Waals surface area contributed by atoms with E-state index in [4.69, 9.17) is 16.2 Å². The molecule has 0 saturated carbocycles. The van der Waals surface area contributed by atoms with Gasteiger partial charge in [-0.15, -0.1) is 0 Å². The Hall–Kier alpha value is -2.41. The van der Waals surface area contributed by atoms with Crippen molar-refractivity contribution in [3.8, 4) is 0 Å². The second-order valence-electron chi connectivity index (χ2n) is 4.43. The van der Waals surface area contributed by atoms with Crippen molar-refractivity contribution in [2.45, 2.75) is 19.0 Å². The molecule has 1 atom stereocenters. The molecule has 0 aliphatic rings. The van der Waals surface area contributed by atoms with E-state index in [1.54, 1.807) is 12.1 Å². The smallest absolute Gasteiger partial charge is 0.335 e. The van der Waals surface area contributed by atoms with E-state index in [1.807, 2.05) is 0 Å². The first-order valence-corrected chi connectivity index (χ1v) is 6.03. The van der Waals surface area contributed by atoms with Crippen LogP contribution in [0.15, 0.2) is 24.3 Å². The van der Waals surface area contributed by atoms with E-state index in [9.17, 15) is 9.59 Å². The molecule has 0 bridgehead atoms. The summed E-state index contributed by atoms with van der Waals surface area (Å²) in [6, 6.07) is 6.05. The van der Waals surface area contributed by atoms with Gasteiger partial charge in [-0.2, -0.15) is 0 Å². The monoisotopic (exact) mass is 278 g/mol. The lowest BCUT2D eigenvalue weighted by atomic mass is 10.1. The minimum atomic E-state index is -1.10. The Morgan fingerprint density at radius 1 is 1.40 bits per heavy atom. The molecule has 0 aliphatic carbocycles. The number of carboxylic acid groups (broad SMARTS) is 1. The Morgan fingerprint density at radius 2 is 2.00 bits per heavy atom. The number of nitrogens with two attached hydrogens (primary N) is 1. The molecule has 1 aromatic carbocycles. The minimum Gasteiger partial charge on any atom is -0.478 e. The van der Waals surface area contributed by atoms with Gasteiger partial charge in [0.1, 0.15) is 5.66 Å². The third-order valence-electron chi connectivity index (χ3n) is 2.68. The Labute approximate surface area is 116 Å². The molecule has 0 spiro atoms. The van der Waals surface area contributed by atoms with Gasteiger partial charge in [0, 0.05) is 31.8 Å². The fourth-order valence-electron chi connectivity index (χ4n) is 1.58. The molecule has 0 saturated heterocycles. The molecule has 7 nitrogen and oxygen atoms in total. The summed E-state index contributed by atoms with van der Waals surface area (Å²) in [4.78, 5) is 21.5. The second-order valence-corrected chi connectivity index (χ2v) is 4.43. The van der Waals surface area contributed by atoms with Gasteiger partial charge in [-0.05, 0) is 24.3 Å². The summed E-state index contributed by atoms with van der Waals surface area (Å²) in [5, 5.41) is 21.7. The van der Waals surface area contributed by atoms with Crippen LogP contribution in [0.25, 0.3) is 0 Å². The topological polar surface area (TPSA) is 128 Å². The Morgan fingerprint density at radius 3 is 2.45 bits per heavy atom. The highest BCUT2D eigenvalue weighted by Gasteiger charge is 2.21. The first kappa shape index (κ1) is 15.6. The number of hydrogen-bond acceptors (Lipinski definition) is 5. The lowest BCUT2D eigenvalue weighted by Crippen LogP contribution is -2.51. The van der Waals surface area contributed by atoms with Crippen LogP contribution < -0.4 is 16.4 Å². The third-order valence-corrected chi connectivity index (χ3v) is 2.68. The van der Waals surface area contributed by atoms with E-state index in [-0.39, 0.29) is 11.5 Å². The normalized spacial score (nSPS) is 13.1. The van der Waals surface area contributed by atoms with Gasteiger partial charge in [0.15, 0.2) is 0 Å². The van der Waals surface area contributed by atoms with Crippen LogP contribution in [0.4, 0.5) is 5.69 Å². The van der Waals surface area contributed by atoms with Crippen molar-refractivity contribution in [1.29, 1.82) is 5.41 Å². The Bertz CT molecular complexity index is 501. The summed E-state index contributed by atoms with van der Waals surface area (Å²) in [6.45, 7) is 1.74. The number of carboxylic acids is 1. The number of nitrogens with one attached hydrogen (secondary N) is 3. The quantitative estimate of drug-likeness (QED) is 0.369. The number of aromatic carboxylic acids is 1. The first-order chi connectivity index (χ1) is 9.36. The summed E-state index contributed by atoms with van der Waals surface area (Å²) in [6.07, 6.45) is 1.39. The van der Waals surface area contributed by atoms with Crippen LogP contribution in [0.5, 0.6) is 0 Å². The molecule has 0 radical (unpaired) electrons. The van der Waals surface area contributed by atoms with E-state index in [0.717, 1.165) is 6.21 Å². The van der Waals surface area contributed by atoms with Crippen molar-refractivity contribution in [1.82, 2.24) is 5.32 Å². The maximum atomic E-state index is 10.8. The fourth-order valence-corrected chi connectivity index (χ4v) is 1.58. The van der Waals surface area contributed by atoms with Gasteiger partial charge < -0.3 is 26.9 Å². The molecule has 108 valence electrons. The van der Waals surface area contributed by atoms with Crippen molar-refractivity contribution < 1.29 is 14.7 Å². The zero-order valence-corrected chi connectivity index (χ0v) is 11.1. The van der Waals surface area contributed by atoms with Gasteiger partial charge in [0.2, 0.25) is 5.91 Å². The molecule has 1 aromatic rings. The van der Waals surface area contributed by atoms with Gasteiger partial charge >= 0.3 is 5.97 Å². The van der Waals surface area contributed by atoms with Crippen LogP contribution >= 0.6 is 0 Å². The lowest BCUT2D eigenvalue weighted by Gasteiger charge is -2.27. The molecule has 6 N–H and O–H groups in total. The Balaban J connectivity index is 2.68. The molecule has 0 aromatic heterocycles. The van der Waals surface area contributed by atoms with Crippen molar-refractivity contribution in [3.63, 3.8) is 0 Å². The van der Waals surface area contributed by atoms with Gasteiger partial charge in [0.25, 0.3) is 0 Å². The van der Waals surface area contributed by atoms with Crippen molar-refractivity contribution >= 4 is 23.8 Å². The van der Waals surface area contributed by atoms with E-state index in [0.29, 0.717) is 18.7 Å². The van der Waals surface area contributed by atoms with Crippen LogP contribution in [0.1, 0.15) is 23.7 Å². The van der Waals surface area contributed by atoms with Gasteiger partial charge in [0.05, 0.1) is 5.56 Å². The predicted octanol–water partition coefficient (Wildman–Crippen LogP) is 0.627.